The molecule has 0 atom stereocenters. The molecule has 0 bridgehead atoms. The minimum atomic E-state index is -3.65. The van der Waals surface area contributed by atoms with E-state index in [0.29, 0.717) is 48.1 Å². The number of nitrogens with one attached hydrogen (secondary N) is 1. The predicted octanol–water partition coefficient (Wildman–Crippen LogP) is 4.80. The number of Topliss-reactive ketones (excluding diaryl/α,β-unsaturated/α-hetero) is 1. The Morgan fingerprint density at radius 1 is 1.00 bits per heavy atom. The predicted molar refractivity (Wildman–Crippen MR) is 132 cm³/mol. The van der Waals surface area contributed by atoms with Gasteiger partial charge < -0.3 is 9.88 Å². The fourth-order valence-electron chi connectivity index (χ4n) is 5.16. The number of carbonyl (C=O) groups is 1. The van der Waals surface area contributed by atoms with E-state index in [1.54, 1.807) is 10.4 Å². The zero-order valence-electron chi connectivity index (χ0n) is 19.1. The van der Waals surface area contributed by atoms with Gasteiger partial charge in [-0.1, -0.05) is 25.4 Å². The first kappa shape index (κ1) is 22.4. The molecule has 1 fully saturated rings. The minimum Gasteiger partial charge on any atom is -0.369 e. The number of halogens is 1. The average molecular weight is 486 g/mol. The average Bonchev–Trinajstić information content (AvgIpc) is 3.09. The fourth-order valence-corrected chi connectivity index (χ4v) is 6.94. The van der Waals surface area contributed by atoms with Gasteiger partial charge in [-0.2, -0.15) is 4.31 Å². The van der Waals surface area contributed by atoms with E-state index in [1.807, 2.05) is 37.3 Å². The summed E-state index contributed by atoms with van der Waals surface area (Å²) in [6.45, 7) is 8.04. The first-order valence-electron chi connectivity index (χ1n) is 11.2. The van der Waals surface area contributed by atoms with Gasteiger partial charge in [-0.25, -0.2) is 8.42 Å². The molecule has 6 nitrogen and oxygen atoms in total. The molecule has 0 amide bonds. The van der Waals surface area contributed by atoms with Crippen LogP contribution >= 0.6 is 11.6 Å². The molecule has 2 aromatic carbocycles. The van der Waals surface area contributed by atoms with Crippen LogP contribution in [0.15, 0.2) is 41.3 Å². The Morgan fingerprint density at radius 2 is 1.67 bits per heavy atom. The van der Waals surface area contributed by atoms with Crippen LogP contribution < -0.4 is 4.90 Å². The van der Waals surface area contributed by atoms with E-state index in [1.165, 1.54) is 0 Å². The van der Waals surface area contributed by atoms with Gasteiger partial charge in [-0.15, -0.1) is 0 Å². The number of nitrogens with zero attached hydrogens (tertiary/aromatic N) is 2. The Balaban J connectivity index is 1.43. The number of hydrogen-bond donors (Lipinski definition) is 1. The molecule has 2 aliphatic rings. The van der Waals surface area contributed by atoms with Gasteiger partial charge in [-0.05, 0) is 60.7 Å². The molecule has 1 aliphatic carbocycles. The molecule has 1 N–H and O–H groups in total. The third kappa shape index (κ3) is 3.96. The molecule has 1 saturated heterocycles. The zero-order chi connectivity index (χ0) is 23.5. The number of aromatic nitrogens is 1. The van der Waals surface area contributed by atoms with E-state index >= 15 is 0 Å². The number of hydrogen-bond acceptors (Lipinski definition) is 4. The topological polar surface area (TPSA) is 73.5 Å². The van der Waals surface area contributed by atoms with Crippen LogP contribution in [0.25, 0.3) is 10.9 Å². The number of H-pyrrole nitrogens is 1. The van der Waals surface area contributed by atoms with Gasteiger partial charge in [0.2, 0.25) is 10.0 Å². The van der Waals surface area contributed by atoms with Crippen molar-refractivity contribution in [1.82, 2.24) is 9.29 Å². The van der Waals surface area contributed by atoms with Crippen LogP contribution in [0.4, 0.5) is 5.69 Å². The molecule has 174 valence electrons. The Hall–Kier alpha value is -2.35. The highest BCUT2D eigenvalue weighted by Gasteiger charge is 2.35. The molecule has 2 heterocycles. The smallest absolute Gasteiger partial charge is 0.243 e. The summed E-state index contributed by atoms with van der Waals surface area (Å²) < 4.78 is 28.7. The van der Waals surface area contributed by atoms with E-state index in [0.717, 1.165) is 34.3 Å². The Bertz CT molecular complexity index is 1350. The SMILES string of the molecule is Cc1cc2c3c([nH]c2cc1S(=O)(=O)N1CCN(c2ccc(Cl)cc2)CC1)CC(C)(C)CC3=O. The maximum atomic E-state index is 13.6. The van der Waals surface area contributed by atoms with Gasteiger partial charge in [0.05, 0.1) is 4.90 Å². The molecule has 0 radical (unpaired) electrons. The number of sulfonamides is 1. The lowest BCUT2D eigenvalue weighted by atomic mass is 9.76. The Kier molecular flexibility index (Phi) is 5.34. The molecule has 1 aliphatic heterocycles. The van der Waals surface area contributed by atoms with Gasteiger partial charge in [0.25, 0.3) is 0 Å². The molecule has 1 aromatic heterocycles. The summed E-state index contributed by atoms with van der Waals surface area (Å²) in [7, 11) is -3.65. The lowest BCUT2D eigenvalue weighted by molar-refractivity contribution is 0.0913. The number of aromatic amines is 1. The number of aryl methyl sites for hydroxylation is 1. The molecule has 5 rings (SSSR count). The van der Waals surface area contributed by atoms with Crippen molar-refractivity contribution in [2.45, 2.75) is 38.5 Å². The summed E-state index contributed by atoms with van der Waals surface area (Å²) in [5.74, 6) is 0.126. The van der Waals surface area contributed by atoms with Crippen LogP contribution in [0.1, 0.15) is 41.9 Å². The summed E-state index contributed by atoms with van der Waals surface area (Å²) in [6.07, 6.45) is 1.28. The monoisotopic (exact) mass is 485 g/mol. The Morgan fingerprint density at radius 3 is 2.33 bits per heavy atom. The number of benzene rings is 2. The number of carbonyl (C=O) groups excluding carboxylic acids is 1. The summed E-state index contributed by atoms with van der Waals surface area (Å²) >= 11 is 5.99. The van der Waals surface area contributed by atoms with Crippen molar-refractivity contribution in [1.29, 1.82) is 0 Å². The zero-order valence-corrected chi connectivity index (χ0v) is 20.7. The van der Waals surface area contributed by atoms with Crippen molar-refractivity contribution in [3.63, 3.8) is 0 Å². The number of ketones is 1. The molecule has 0 saturated carbocycles. The summed E-state index contributed by atoms with van der Waals surface area (Å²) in [4.78, 5) is 18.7. The number of rotatable bonds is 3. The molecular formula is C25H28ClN3O3S. The number of piperazine rings is 1. The van der Waals surface area contributed by atoms with Crippen molar-refractivity contribution < 1.29 is 13.2 Å². The molecular weight excluding hydrogens is 458 g/mol. The highest BCUT2D eigenvalue weighted by molar-refractivity contribution is 7.89. The van der Waals surface area contributed by atoms with Crippen LogP contribution in [-0.4, -0.2) is 49.7 Å². The van der Waals surface area contributed by atoms with Gasteiger partial charge in [0.1, 0.15) is 0 Å². The maximum Gasteiger partial charge on any atom is 0.243 e. The molecule has 0 spiro atoms. The number of anilines is 1. The first-order valence-corrected chi connectivity index (χ1v) is 13.1. The van der Waals surface area contributed by atoms with Crippen LogP contribution in [-0.2, 0) is 16.4 Å². The molecule has 0 unspecified atom stereocenters. The lowest BCUT2D eigenvalue weighted by Gasteiger charge is -2.35. The van der Waals surface area contributed by atoms with E-state index in [9.17, 15) is 13.2 Å². The highest BCUT2D eigenvalue weighted by Crippen LogP contribution is 2.39. The number of fused-ring (bicyclic) bond motifs is 3. The minimum absolute atomic E-state index is 0.0985. The second kappa shape index (κ2) is 7.86. The van der Waals surface area contributed by atoms with E-state index in [2.05, 4.69) is 23.7 Å². The highest BCUT2D eigenvalue weighted by atomic mass is 35.5. The summed E-state index contributed by atoms with van der Waals surface area (Å²) in [5, 5.41) is 1.51. The molecule has 33 heavy (non-hydrogen) atoms. The summed E-state index contributed by atoms with van der Waals surface area (Å²) in [6, 6.07) is 11.2. The largest absolute Gasteiger partial charge is 0.369 e. The van der Waals surface area contributed by atoms with Crippen LogP contribution in [0, 0.1) is 12.3 Å². The Labute approximate surface area is 199 Å². The molecule has 3 aromatic rings. The van der Waals surface area contributed by atoms with Crippen LogP contribution in [0.3, 0.4) is 0 Å². The van der Waals surface area contributed by atoms with E-state index in [4.69, 9.17) is 11.6 Å². The second-order valence-electron chi connectivity index (χ2n) is 9.95. The molecule has 8 heteroatoms. The third-order valence-corrected chi connectivity index (χ3v) is 9.09. The van der Waals surface area contributed by atoms with Gasteiger partial charge >= 0.3 is 0 Å². The maximum absolute atomic E-state index is 13.6. The lowest BCUT2D eigenvalue weighted by Crippen LogP contribution is -2.48. The van der Waals surface area contributed by atoms with Crippen molar-refractivity contribution in [2.75, 3.05) is 31.1 Å². The van der Waals surface area contributed by atoms with Crippen molar-refractivity contribution in [2.24, 2.45) is 5.41 Å². The van der Waals surface area contributed by atoms with Crippen LogP contribution in [0.5, 0.6) is 0 Å². The van der Waals surface area contributed by atoms with Crippen molar-refractivity contribution >= 4 is 44.0 Å². The van der Waals surface area contributed by atoms with Gasteiger partial charge in [-0.3, -0.25) is 4.79 Å². The van der Waals surface area contributed by atoms with E-state index in [-0.39, 0.29) is 11.2 Å². The van der Waals surface area contributed by atoms with Crippen LogP contribution in [0.2, 0.25) is 5.02 Å². The van der Waals surface area contributed by atoms with E-state index < -0.39 is 10.0 Å². The van der Waals surface area contributed by atoms with Gasteiger partial charge in [0, 0.05) is 65.5 Å². The first-order chi connectivity index (χ1) is 15.5. The van der Waals surface area contributed by atoms with Crippen molar-refractivity contribution in [3.8, 4) is 0 Å². The van der Waals surface area contributed by atoms with Crippen molar-refractivity contribution in [3.05, 3.63) is 58.2 Å². The second-order valence-corrected chi connectivity index (χ2v) is 12.3. The van der Waals surface area contributed by atoms with Gasteiger partial charge in [0.15, 0.2) is 5.78 Å². The normalized spacial score (nSPS) is 19.2. The summed E-state index contributed by atoms with van der Waals surface area (Å²) in [5.41, 5.74) is 3.97. The quantitative estimate of drug-likeness (QED) is 0.578. The third-order valence-electron chi connectivity index (χ3n) is 6.79. The fraction of sp³-hybridized carbons (Fsp3) is 0.400. The standard InChI is InChI=1S/C25H28ClN3O3S/c1-16-12-19-20(27-21-14-25(2,3)15-22(30)24(19)21)13-23(16)33(31,32)29-10-8-28(9-11-29)18-6-4-17(26)5-7-18/h4-7,12-13,27H,8-11,14-15H2,1-3H3.